The summed E-state index contributed by atoms with van der Waals surface area (Å²) in [5.74, 6) is 0.579. The van der Waals surface area contributed by atoms with Crippen molar-refractivity contribution in [3.63, 3.8) is 0 Å². The number of aliphatic hydroxyl groups is 1. The predicted octanol–water partition coefficient (Wildman–Crippen LogP) is 1.82. The van der Waals surface area contributed by atoms with Crippen molar-refractivity contribution in [2.24, 2.45) is 5.92 Å². The SMILES string of the molecule is CCC(CO)(CCCOCCOCC(C)C)NC. The van der Waals surface area contributed by atoms with Crippen LogP contribution in [0.1, 0.15) is 40.0 Å². The van der Waals surface area contributed by atoms with Crippen LogP contribution in [0.4, 0.5) is 0 Å². The Balaban J connectivity index is 3.44. The highest BCUT2D eigenvalue weighted by atomic mass is 16.5. The molecule has 1 unspecified atom stereocenters. The zero-order chi connectivity index (χ0) is 13.9. The Labute approximate surface area is 112 Å². The second kappa shape index (κ2) is 10.7. The summed E-state index contributed by atoms with van der Waals surface area (Å²) in [6.07, 6.45) is 2.82. The molecule has 2 N–H and O–H groups in total. The van der Waals surface area contributed by atoms with E-state index in [0.29, 0.717) is 19.1 Å². The molecule has 0 spiro atoms. The van der Waals surface area contributed by atoms with E-state index in [1.54, 1.807) is 0 Å². The van der Waals surface area contributed by atoms with Gasteiger partial charge in [0.15, 0.2) is 0 Å². The zero-order valence-electron chi connectivity index (χ0n) is 12.5. The van der Waals surface area contributed by atoms with Gasteiger partial charge in [-0.25, -0.2) is 0 Å². The van der Waals surface area contributed by atoms with Crippen LogP contribution in [0.25, 0.3) is 0 Å². The maximum atomic E-state index is 9.38. The van der Waals surface area contributed by atoms with Crippen molar-refractivity contribution in [2.75, 3.05) is 40.1 Å². The van der Waals surface area contributed by atoms with E-state index in [9.17, 15) is 5.11 Å². The minimum absolute atomic E-state index is 0.141. The van der Waals surface area contributed by atoms with Crippen LogP contribution in [0.3, 0.4) is 0 Å². The van der Waals surface area contributed by atoms with Gasteiger partial charge in [-0.15, -0.1) is 0 Å². The number of nitrogens with one attached hydrogen (secondary N) is 1. The van der Waals surface area contributed by atoms with E-state index < -0.39 is 0 Å². The van der Waals surface area contributed by atoms with Gasteiger partial charge in [-0.05, 0) is 32.2 Å². The van der Waals surface area contributed by atoms with Crippen LogP contribution < -0.4 is 5.32 Å². The number of hydrogen-bond donors (Lipinski definition) is 2. The Morgan fingerprint density at radius 1 is 1.17 bits per heavy atom. The third kappa shape index (κ3) is 8.03. The largest absolute Gasteiger partial charge is 0.394 e. The van der Waals surface area contributed by atoms with Crippen LogP contribution in [0.15, 0.2) is 0 Å². The molecule has 1 atom stereocenters. The molecule has 0 bridgehead atoms. The summed E-state index contributed by atoms with van der Waals surface area (Å²) in [6.45, 7) is 9.40. The van der Waals surface area contributed by atoms with E-state index in [-0.39, 0.29) is 12.1 Å². The second-order valence-corrected chi connectivity index (χ2v) is 5.23. The van der Waals surface area contributed by atoms with E-state index in [1.165, 1.54) is 0 Å². The summed E-state index contributed by atoms with van der Waals surface area (Å²) in [4.78, 5) is 0. The molecule has 0 aromatic heterocycles. The maximum absolute atomic E-state index is 9.38. The molecule has 0 aliphatic rings. The molecule has 110 valence electrons. The van der Waals surface area contributed by atoms with Gasteiger partial charge in [0.2, 0.25) is 0 Å². The molecular formula is C14H31NO3. The summed E-state index contributed by atoms with van der Waals surface area (Å²) in [5.41, 5.74) is -0.141. The molecule has 0 amide bonds. The molecule has 0 aromatic rings. The molecule has 0 aliphatic carbocycles. The van der Waals surface area contributed by atoms with Crippen molar-refractivity contribution in [3.8, 4) is 0 Å². The van der Waals surface area contributed by atoms with E-state index in [0.717, 1.165) is 32.5 Å². The van der Waals surface area contributed by atoms with Crippen molar-refractivity contribution in [1.82, 2.24) is 5.32 Å². The van der Waals surface area contributed by atoms with Crippen molar-refractivity contribution >= 4 is 0 Å². The highest BCUT2D eigenvalue weighted by Crippen LogP contribution is 2.16. The first-order valence-corrected chi connectivity index (χ1v) is 7.05. The molecule has 0 saturated carbocycles. The number of rotatable bonds is 12. The number of aliphatic hydroxyl groups excluding tert-OH is 1. The third-order valence-electron chi connectivity index (χ3n) is 3.28. The van der Waals surface area contributed by atoms with Crippen molar-refractivity contribution < 1.29 is 14.6 Å². The standard InChI is InChI=1S/C14H31NO3/c1-5-14(12-16,15-4)7-6-8-17-9-10-18-11-13(2)3/h13,15-16H,5-12H2,1-4H3. The topological polar surface area (TPSA) is 50.7 Å². The predicted molar refractivity (Wildman–Crippen MR) is 74.9 cm³/mol. The first kappa shape index (κ1) is 17.8. The molecule has 4 heteroatoms. The highest BCUT2D eigenvalue weighted by Gasteiger charge is 2.23. The van der Waals surface area contributed by atoms with Gasteiger partial charge in [0.25, 0.3) is 0 Å². The van der Waals surface area contributed by atoms with E-state index in [4.69, 9.17) is 9.47 Å². The van der Waals surface area contributed by atoms with Gasteiger partial charge in [0.05, 0.1) is 19.8 Å². The van der Waals surface area contributed by atoms with Crippen LogP contribution in [0, 0.1) is 5.92 Å². The van der Waals surface area contributed by atoms with Gasteiger partial charge >= 0.3 is 0 Å². The molecule has 0 rings (SSSR count). The van der Waals surface area contributed by atoms with Crippen molar-refractivity contribution in [1.29, 1.82) is 0 Å². The molecule has 18 heavy (non-hydrogen) atoms. The van der Waals surface area contributed by atoms with Crippen LogP contribution in [0.2, 0.25) is 0 Å². The molecule has 4 nitrogen and oxygen atoms in total. The minimum atomic E-state index is -0.141. The average Bonchev–Trinajstić information content (AvgIpc) is 2.38. The van der Waals surface area contributed by atoms with Gasteiger partial charge in [0.1, 0.15) is 0 Å². The normalized spacial score (nSPS) is 15.0. The van der Waals surface area contributed by atoms with Crippen LogP contribution in [-0.4, -0.2) is 50.7 Å². The highest BCUT2D eigenvalue weighted by molar-refractivity contribution is 4.84. The van der Waals surface area contributed by atoms with Gasteiger partial charge in [-0.1, -0.05) is 20.8 Å². The number of likely N-dealkylation sites (N-methyl/N-ethyl adjacent to an activating group) is 1. The molecule has 0 saturated heterocycles. The lowest BCUT2D eigenvalue weighted by atomic mass is 9.92. The fourth-order valence-corrected chi connectivity index (χ4v) is 1.80. The van der Waals surface area contributed by atoms with Crippen LogP contribution in [-0.2, 0) is 9.47 Å². The Kier molecular flexibility index (Phi) is 10.6. The van der Waals surface area contributed by atoms with Crippen LogP contribution in [0.5, 0.6) is 0 Å². The van der Waals surface area contributed by atoms with Gasteiger partial charge in [-0.3, -0.25) is 0 Å². The monoisotopic (exact) mass is 261 g/mol. The average molecular weight is 261 g/mol. The fraction of sp³-hybridized carbons (Fsp3) is 1.00. The Hall–Kier alpha value is -0.160. The zero-order valence-corrected chi connectivity index (χ0v) is 12.5. The lowest BCUT2D eigenvalue weighted by molar-refractivity contribution is 0.0334. The van der Waals surface area contributed by atoms with Crippen molar-refractivity contribution in [3.05, 3.63) is 0 Å². The molecule has 0 fully saturated rings. The lowest BCUT2D eigenvalue weighted by Gasteiger charge is -2.30. The first-order chi connectivity index (χ1) is 8.60. The Morgan fingerprint density at radius 3 is 2.33 bits per heavy atom. The summed E-state index contributed by atoms with van der Waals surface area (Å²) >= 11 is 0. The first-order valence-electron chi connectivity index (χ1n) is 7.05. The fourth-order valence-electron chi connectivity index (χ4n) is 1.80. The summed E-state index contributed by atoms with van der Waals surface area (Å²) in [7, 11) is 1.90. The minimum Gasteiger partial charge on any atom is -0.394 e. The molecule has 0 heterocycles. The Morgan fingerprint density at radius 2 is 1.83 bits per heavy atom. The summed E-state index contributed by atoms with van der Waals surface area (Å²) in [6, 6.07) is 0. The smallest absolute Gasteiger partial charge is 0.0700 e. The van der Waals surface area contributed by atoms with E-state index in [1.807, 2.05) is 7.05 Å². The number of ether oxygens (including phenoxy) is 2. The molecule has 0 aliphatic heterocycles. The quantitative estimate of drug-likeness (QED) is 0.526. The third-order valence-corrected chi connectivity index (χ3v) is 3.28. The number of hydrogen-bond acceptors (Lipinski definition) is 4. The summed E-state index contributed by atoms with van der Waals surface area (Å²) < 4.78 is 10.9. The molecule has 0 radical (unpaired) electrons. The second-order valence-electron chi connectivity index (χ2n) is 5.23. The van der Waals surface area contributed by atoms with Gasteiger partial charge in [0, 0.05) is 18.8 Å². The maximum Gasteiger partial charge on any atom is 0.0700 e. The molecular weight excluding hydrogens is 230 g/mol. The van der Waals surface area contributed by atoms with Gasteiger partial charge < -0.3 is 19.9 Å². The van der Waals surface area contributed by atoms with Crippen molar-refractivity contribution in [2.45, 2.75) is 45.6 Å². The Bertz CT molecular complexity index is 174. The molecule has 0 aromatic carbocycles. The summed E-state index contributed by atoms with van der Waals surface area (Å²) in [5, 5.41) is 12.6. The lowest BCUT2D eigenvalue weighted by Crippen LogP contribution is -2.46. The van der Waals surface area contributed by atoms with E-state index >= 15 is 0 Å². The van der Waals surface area contributed by atoms with E-state index in [2.05, 4.69) is 26.1 Å². The van der Waals surface area contributed by atoms with Gasteiger partial charge in [-0.2, -0.15) is 0 Å². The van der Waals surface area contributed by atoms with Crippen LogP contribution >= 0.6 is 0 Å².